The molecule has 5 atom stereocenters. The van der Waals surface area contributed by atoms with Crippen LogP contribution in [0.15, 0.2) is 52.7 Å². The molecule has 1 aromatic rings. The van der Waals surface area contributed by atoms with Crippen LogP contribution in [0.4, 0.5) is 0 Å². The predicted octanol–water partition coefficient (Wildman–Crippen LogP) is 7.49. The van der Waals surface area contributed by atoms with Crippen LogP contribution in [0.5, 0.6) is 11.5 Å². The van der Waals surface area contributed by atoms with Crippen LogP contribution < -0.4 is 9.47 Å². The first-order valence-electron chi connectivity index (χ1n) is 16.8. The number of ether oxygens (including phenoxy) is 4. The van der Waals surface area contributed by atoms with E-state index in [2.05, 4.69) is 32.1 Å². The first kappa shape index (κ1) is 33.7. The normalized spacial score (nSPS) is 30.2. The molecular formula is C40H45NO7. The molecule has 0 aromatic heterocycles. The quantitative estimate of drug-likeness (QED) is 0.161. The molecule has 6 aliphatic rings. The zero-order chi connectivity index (χ0) is 35.0. The SMILES string of the molecule is COC(=O)C(C)=CCC12OC(C)(C)C3CC(C=C4C(=O)c5c(C#N)c6c(c(CC=C(C)C)c5OC431)OC(C)(CCC=C(C)C)C=C6)C2=O. The van der Waals surface area contributed by atoms with Gasteiger partial charge in [-0.15, -0.1) is 0 Å². The second-order valence-electron chi connectivity index (χ2n) is 15.1. The van der Waals surface area contributed by atoms with Gasteiger partial charge >= 0.3 is 5.97 Å². The summed E-state index contributed by atoms with van der Waals surface area (Å²) >= 11 is 0. The maximum Gasteiger partial charge on any atom is 0.333 e. The number of carbonyl (C=O) groups is 3. The van der Waals surface area contributed by atoms with Crippen LogP contribution in [0.25, 0.3) is 6.08 Å². The minimum atomic E-state index is -1.58. The molecule has 4 bridgehead atoms. The highest BCUT2D eigenvalue weighted by molar-refractivity contribution is 6.19. The summed E-state index contributed by atoms with van der Waals surface area (Å²) in [5.41, 5.74) is 0.0176. The van der Waals surface area contributed by atoms with Crippen molar-refractivity contribution in [3.05, 3.63) is 74.9 Å². The Morgan fingerprint density at radius 1 is 1.04 bits per heavy atom. The summed E-state index contributed by atoms with van der Waals surface area (Å²) in [5, 5.41) is 10.6. The van der Waals surface area contributed by atoms with E-state index in [1.165, 1.54) is 12.7 Å². The number of carbonyl (C=O) groups excluding carboxylic acids is 3. The van der Waals surface area contributed by atoms with Crippen molar-refractivity contribution in [3.8, 4) is 17.6 Å². The molecule has 0 radical (unpaired) electrons. The van der Waals surface area contributed by atoms with E-state index in [0.717, 1.165) is 12.0 Å². The highest BCUT2D eigenvalue weighted by atomic mass is 16.6. The van der Waals surface area contributed by atoms with E-state index in [9.17, 15) is 19.6 Å². The lowest BCUT2D eigenvalue weighted by Gasteiger charge is -2.56. The van der Waals surface area contributed by atoms with Crippen molar-refractivity contribution in [2.24, 2.45) is 11.8 Å². The molecule has 2 fully saturated rings. The number of rotatable bonds is 8. The van der Waals surface area contributed by atoms with Gasteiger partial charge in [-0.2, -0.15) is 5.26 Å². The zero-order valence-electron chi connectivity index (χ0n) is 29.5. The van der Waals surface area contributed by atoms with Gasteiger partial charge in [-0.05, 0) is 93.2 Å². The fraction of sp³-hybridized carbons (Fsp3) is 0.500. The molecule has 1 saturated heterocycles. The third-order valence-electron chi connectivity index (χ3n) is 10.8. The van der Waals surface area contributed by atoms with Gasteiger partial charge in [0.05, 0.1) is 23.8 Å². The third-order valence-corrected chi connectivity index (χ3v) is 10.8. The summed E-state index contributed by atoms with van der Waals surface area (Å²) in [7, 11) is 1.31. The Kier molecular flexibility index (Phi) is 8.03. The molecule has 5 unspecified atom stereocenters. The largest absolute Gasteiger partial charge is 0.482 e. The van der Waals surface area contributed by atoms with Crippen molar-refractivity contribution in [1.29, 1.82) is 5.26 Å². The Labute approximate surface area is 283 Å². The average Bonchev–Trinajstić information content (AvgIpc) is 3.18. The predicted molar refractivity (Wildman–Crippen MR) is 182 cm³/mol. The van der Waals surface area contributed by atoms with Crippen LogP contribution in [-0.2, 0) is 25.5 Å². The van der Waals surface area contributed by atoms with Crippen LogP contribution in [0.2, 0.25) is 0 Å². The van der Waals surface area contributed by atoms with Crippen molar-refractivity contribution < 1.29 is 33.3 Å². The van der Waals surface area contributed by atoms with E-state index in [1.807, 2.05) is 46.8 Å². The highest BCUT2D eigenvalue weighted by Crippen LogP contribution is 2.68. The number of benzene rings is 1. The van der Waals surface area contributed by atoms with Gasteiger partial charge in [0, 0.05) is 40.5 Å². The number of methoxy groups -OCH3 is 1. The maximum atomic E-state index is 15.0. The average molecular weight is 652 g/mol. The molecule has 3 aliphatic heterocycles. The molecule has 1 saturated carbocycles. The van der Waals surface area contributed by atoms with Gasteiger partial charge in [-0.3, -0.25) is 9.59 Å². The molecule has 1 aromatic carbocycles. The number of hydrogen-bond donors (Lipinski definition) is 0. The summed E-state index contributed by atoms with van der Waals surface area (Å²) in [6, 6.07) is 2.32. The van der Waals surface area contributed by atoms with Gasteiger partial charge in [-0.1, -0.05) is 35.5 Å². The smallest absolute Gasteiger partial charge is 0.333 e. The van der Waals surface area contributed by atoms with Crippen molar-refractivity contribution >= 4 is 23.6 Å². The zero-order valence-corrected chi connectivity index (χ0v) is 29.5. The lowest BCUT2D eigenvalue weighted by atomic mass is 9.51. The summed E-state index contributed by atoms with van der Waals surface area (Å²) < 4.78 is 25.8. The number of fused-ring (bicyclic) bond motifs is 2. The Hall–Kier alpha value is -4.22. The monoisotopic (exact) mass is 651 g/mol. The number of allylic oxidation sites excluding steroid dienone is 5. The van der Waals surface area contributed by atoms with Crippen LogP contribution in [0.1, 0.15) is 108 Å². The first-order valence-corrected chi connectivity index (χ1v) is 16.8. The second-order valence-corrected chi connectivity index (χ2v) is 15.1. The number of Topliss-reactive ketones (excluding diaryl/α,β-unsaturated/α-hetero) is 2. The topological polar surface area (TPSA) is 112 Å². The fourth-order valence-electron chi connectivity index (χ4n) is 8.47. The standard InChI is InChI=1S/C40H45NO7/c1-22(2)11-10-16-38(8)17-15-26-28(21-41)31-32(42)29-19-25-20-30-37(6,7)48-39(35(25)43,18-14-24(5)36(44)45-9)40(29,30)47-34(31)27(33(26)46-38)13-12-23(3)4/h11-12,14-15,17,19,25,30H,10,13,16,18,20H2,1-9H3. The summed E-state index contributed by atoms with van der Waals surface area (Å²) in [6.45, 7) is 15.7. The number of ketones is 2. The van der Waals surface area contributed by atoms with Crippen molar-refractivity contribution in [2.75, 3.05) is 7.11 Å². The number of esters is 1. The maximum absolute atomic E-state index is 15.0. The molecule has 3 heterocycles. The van der Waals surface area contributed by atoms with Gasteiger partial charge in [-0.25, -0.2) is 4.79 Å². The van der Waals surface area contributed by atoms with Crippen LogP contribution >= 0.6 is 0 Å². The molecular weight excluding hydrogens is 606 g/mol. The molecule has 8 nitrogen and oxygen atoms in total. The first-order chi connectivity index (χ1) is 22.6. The molecule has 252 valence electrons. The molecule has 7 rings (SSSR count). The van der Waals surface area contributed by atoms with E-state index in [-0.39, 0.29) is 40.8 Å². The third kappa shape index (κ3) is 4.76. The van der Waals surface area contributed by atoms with Gasteiger partial charge in [0.25, 0.3) is 0 Å². The highest BCUT2D eigenvalue weighted by Gasteiger charge is 2.81. The van der Waals surface area contributed by atoms with Crippen LogP contribution in [0.3, 0.4) is 0 Å². The molecule has 0 amide bonds. The Morgan fingerprint density at radius 2 is 1.75 bits per heavy atom. The Morgan fingerprint density at radius 3 is 2.40 bits per heavy atom. The van der Waals surface area contributed by atoms with E-state index in [4.69, 9.17) is 18.9 Å². The van der Waals surface area contributed by atoms with Gasteiger partial charge < -0.3 is 18.9 Å². The number of nitriles is 1. The van der Waals surface area contributed by atoms with E-state index in [1.54, 1.807) is 19.1 Å². The summed E-state index contributed by atoms with van der Waals surface area (Å²) in [4.78, 5) is 41.8. The van der Waals surface area contributed by atoms with E-state index < -0.39 is 34.3 Å². The Bertz CT molecular complexity index is 1840. The van der Waals surface area contributed by atoms with Gasteiger partial charge in [0.15, 0.2) is 22.8 Å². The Balaban J connectivity index is 1.61. The molecule has 8 heteroatoms. The van der Waals surface area contributed by atoms with Crippen molar-refractivity contribution in [1.82, 2.24) is 0 Å². The lowest BCUT2D eigenvalue weighted by molar-refractivity contribution is -0.171. The fourth-order valence-corrected chi connectivity index (χ4v) is 8.47. The molecule has 1 spiro atoms. The van der Waals surface area contributed by atoms with Crippen LogP contribution in [-0.4, -0.2) is 47.0 Å². The molecule has 48 heavy (non-hydrogen) atoms. The number of nitrogens with zero attached hydrogens (tertiary/aromatic N) is 1. The summed E-state index contributed by atoms with van der Waals surface area (Å²) in [6.07, 6.45) is 13.9. The van der Waals surface area contributed by atoms with Crippen molar-refractivity contribution in [3.63, 3.8) is 0 Å². The summed E-state index contributed by atoms with van der Waals surface area (Å²) in [5.74, 6) is -1.16. The van der Waals surface area contributed by atoms with E-state index >= 15 is 0 Å². The van der Waals surface area contributed by atoms with Gasteiger partial charge in [0.1, 0.15) is 23.2 Å². The lowest BCUT2D eigenvalue weighted by Crippen LogP contribution is -2.72. The van der Waals surface area contributed by atoms with Crippen molar-refractivity contribution in [2.45, 2.75) is 110 Å². The molecule has 0 N–H and O–H groups in total. The number of hydrogen-bond acceptors (Lipinski definition) is 8. The molecule has 3 aliphatic carbocycles. The van der Waals surface area contributed by atoms with Crippen LogP contribution in [0, 0.1) is 23.2 Å². The minimum absolute atomic E-state index is 0.0180. The second kappa shape index (κ2) is 11.4. The van der Waals surface area contributed by atoms with Gasteiger partial charge in [0.2, 0.25) is 0 Å². The minimum Gasteiger partial charge on any atom is -0.482 e. The van der Waals surface area contributed by atoms with E-state index in [0.29, 0.717) is 47.3 Å².